The van der Waals surface area contributed by atoms with Gasteiger partial charge >= 0.3 is 0 Å². The van der Waals surface area contributed by atoms with Gasteiger partial charge in [0.1, 0.15) is 17.7 Å². The molecule has 1 N–H and O–H groups in total. The van der Waals surface area contributed by atoms with E-state index in [1.165, 1.54) is 0 Å². The number of benzene rings is 2. The first-order valence-electron chi connectivity index (χ1n) is 9.74. The quantitative estimate of drug-likeness (QED) is 0.860. The van der Waals surface area contributed by atoms with Crippen LogP contribution in [0, 0.1) is 0 Å². The third-order valence-electron chi connectivity index (χ3n) is 5.71. The van der Waals surface area contributed by atoms with Gasteiger partial charge in [0.25, 0.3) is 11.8 Å². The highest BCUT2D eigenvalue weighted by Crippen LogP contribution is 2.35. The van der Waals surface area contributed by atoms with E-state index in [1.807, 2.05) is 11.9 Å². The number of carbonyl (C=O) groups excluding carboxylic acids is 2. The van der Waals surface area contributed by atoms with E-state index in [0.29, 0.717) is 28.3 Å². The number of rotatable bonds is 4. The molecular formula is C22H25N3O4. The van der Waals surface area contributed by atoms with E-state index in [1.54, 1.807) is 50.6 Å². The van der Waals surface area contributed by atoms with Crippen molar-refractivity contribution in [1.29, 1.82) is 0 Å². The fourth-order valence-corrected chi connectivity index (χ4v) is 4.11. The van der Waals surface area contributed by atoms with Gasteiger partial charge in [-0.25, -0.2) is 0 Å². The Labute approximate surface area is 170 Å². The maximum absolute atomic E-state index is 12.9. The van der Waals surface area contributed by atoms with Gasteiger partial charge in [0, 0.05) is 25.2 Å². The summed E-state index contributed by atoms with van der Waals surface area (Å²) in [5, 5.41) is 2.88. The Morgan fingerprint density at radius 2 is 1.93 bits per heavy atom. The van der Waals surface area contributed by atoms with Crippen LogP contribution in [0.5, 0.6) is 11.5 Å². The maximum atomic E-state index is 12.9. The van der Waals surface area contributed by atoms with Gasteiger partial charge in [0.15, 0.2) is 0 Å². The SMILES string of the molecule is COc1ccc(NC(=O)c2ccc3c(c2)N(C)[C@@H]2CCCCN2C3=O)c(OC)c1. The number of amides is 2. The van der Waals surface area contributed by atoms with E-state index in [-0.39, 0.29) is 18.0 Å². The number of fused-ring (bicyclic) bond motifs is 2. The number of hydrogen-bond acceptors (Lipinski definition) is 5. The van der Waals surface area contributed by atoms with Gasteiger partial charge in [-0.05, 0) is 49.6 Å². The molecule has 7 heteroatoms. The molecule has 0 spiro atoms. The first-order valence-corrected chi connectivity index (χ1v) is 9.74. The second kappa shape index (κ2) is 7.66. The van der Waals surface area contributed by atoms with Crippen molar-refractivity contribution in [2.24, 2.45) is 0 Å². The molecule has 0 bridgehead atoms. The van der Waals surface area contributed by atoms with Crippen molar-refractivity contribution in [3.63, 3.8) is 0 Å². The molecule has 2 amide bonds. The zero-order chi connectivity index (χ0) is 20.5. The van der Waals surface area contributed by atoms with Gasteiger partial charge in [-0.2, -0.15) is 0 Å². The van der Waals surface area contributed by atoms with Crippen LogP contribution in [0.4, 0.5) is 11.4 Å². The predicted molar refractivity (Wildman–Crippen MR) is 111 cm³/mol. The van der Waals surface area contributed by atoms with E-state index in [4.69, 9.17) is 9.47 Å². The number of nitrogens with zero attached hydrogens (tertiary/aromatic N) is 2. The second-order valence-electron chi connectivity index (χ2n) is 7.34. The summed E-state index contributed by atoms with van der Waals surface area (Å²) in [7, 11) is 5.10. The van der Waals surface area contributed by atoms with Crippen LogP contribution in [0.1, 0.15) is 40.0 Å². The summed E-state index contributed by atoms with van der Waals surface area (Å²) in [6.07, 6.45) is 3.14. The first-order chi connectivity index (χ1) is 14.0. The second-order valence-corrected chi connectivity index (χ2v) is 7.34. The Bertz CT molecular complexity index is 959. The van der Waals surface area contributed by atoms with E-state index in [2.05, 4.69) is 10.2 Å². The molecule has 152 valence electrons. The van der Waals surface area contributed by atoms with Gasteiger partial charge < -0.3 is 24.6 Å². The molecular weight excluding hydrogens is 370 g/mol. The molecule has 7 nitrogen and oxygen atoms in total. The van der Waals surface area contributed by atoms with Crippen molar-refractivity contribution in [3.8, 4) is 11.5 Å². The lowest BCUT2D eigenvalue weighted by Gasteiger charge is -2.46. The molecule has 2 heterocycles. The summed E-state index contributed by atoms with van der Waals surface area (Å²) in [5.74, 6) is 0.946. The van der Waals surface area contributed by atoms with Crippen LogP contribution in [-0.2, 0) is 0 Å². The van der Waals surface area contributed by atoms with Crippen LogP contribution < -0.4 is 19.7 Å². The van der Waals surface area contributed by atoms with E-state index in [0.717, 1.165) is 31.5 Å². The number of anilines is 2. The summed E-state index contributed by atoms with van der Waals surface area (Å²) in [4.78, 5) is 29.8. The number of piperidine rings is 1. The Morgan fingerprint density at radius 1 is 1.10 bits per heavy atom. The molecule has 0 saturated carbocycles. The van der Waals surface area contributed by atoms with Gasteiger partial charge in [0.05, 0.1) is 31.2 Å². The summed E-state index contributed by atoms with van der Waals surface area (Å²) >= 11 is 0. The molecule has 29 heavy (non-hydrogen) atoms. The third kappa shape index (κ3) is 3.37. The van der Waals surface area contributed by atoms with Crippen molar-refractivity contribution >= 4 is 23.2 Å². The zero-order valence-electron chi connectivity index (χ0n) is 16.9. The lowest BCUT2D eigenvalue weighted by atomic mass is 9.97. The largest absolute Gasteiger partial charge is 0.497 e. The summed E-state index contributed by atoms with van der Waals surface area (Å²) < 4.78 is 10.5. The molecule has 1 atom stereocenters. The molecule has 0 radical (unpaired) electrons. The molecule has 4 rings (SSSR count). The van der Waals surface area contributed by atoms with Crippen LogP contribution in [0.3, 0.4) is 0 Å². The molecule has 2 aromatic carbocycles. The highest BCUT2D eigenvalue weighted by atomic mass is 16.5. The average Bonchev–Trinajstić information content (AvgIpc) is 2.77. The van der Waals surface area contributed by atoms with E-state index in [9.17, 15) is 9.59 Å². The molecule has 2 aliphatic heterocycles. The number of ether oxygens (including phenoxy) is 2. The highest BCUT2D eigenvalue weighted by molar-refractivity contribution is 6.08. The standard InChI is InChI=1S/C22H25N3O4/c1-24-18-12-14(7-9-16(18)22(27)25-11-5-4-6-20(24)25)21(26)23-17-10-8-15(28-2)13-19(17)29-3/h7-10,12-13,20H,4-6,11H2,1-3H3,(H,23,26)/t20-/m0/s1. The lowest BCUT2D eigenvalue weighted by molar-refractivity contribution is 0.0589. The minimum absolute atomic E-state index is 0.0478. The van der Waals surface area contributed by atoms with Crippen LogP contribution >= 0.6 is 0 Å². The number of hydrogen-bond donors (Lipinski definition) is 1. The van der Waals surface area contributed by atoms with Crippen LogP contribution in [0.15, 0.2) is 36.4 Å². The van der Waals surface area contributed by atoms with Gasteiger partial charge in [-0.15, -0.1) is 0 Å². The zero-order valence-corrected chi connectivity index (χ0v) is 16.9. The number of carbonyl (C=O) groups is 2. The molecule has 2 aromatic rings. The monoisotopic (exact) mass is 395 g/mol. The fourth-order valence-electron chi connectivity index (χ4n) is 4.11. The van der Waals surface area contributed by atoms with Crippen LogP contribution in [0.25, 0.3) is 0 Å². The molecule has 1 fully saturated rings. The maximum Gasteiger partial charge on any atom is 0.257 e. The Balaban J connectivity index is 1.62. The smallest absolute Gasteiger partial charge is 0.257 e. The number of methoxy groups -OCH3 is 2. The molecule has 2 aliphatic rings. The van der Waals surface area contributed by atoms with Crippen LogP contribution in [0.2, 0.25) is 0 Å². The molecule has 0 aromatic heterocycles. The average molecular weight is 395 g/mol. The van der Waals surface area contributed by atoms with Gasteiger partial charge in [0.2, 0.25) is 0 Å². The highest BCUT2D eigenvalue weighted by Gasteiger charge is 2.37. The van der Waals surface area contributed by atoms with Crippen molar-refractivity contribution in [1.82, 2.24) is 4.90 Å². The minimum Gasteiger partial charge on any atom is -0.497 e. The van der Waals surface area contributed by atoms with E-state index < -0.39 is 0 Å². The third-order valence-corrected chi connectivity index (χ3v) is 5.71. The fraction of sp³-hybridized carbons (Fsp3) is 0.364. The first kappa shape index (κ1) is 19.1. The summed E-state index contributed by atoms with van der Waals surface area (Å²) in [5.41, 5.74) is 2.49. The van der Waals surface area contributed by atoms with Crippen molar-refractivity contribution in [3.05, 3.63) is 47.5 Å². The van der Waals surface area contributed by atoms with Gasteiger partial charge in [-0.1, -0.05) is 0 Å². The predicted octanol–water partition coefficient (Wildman–Crippen LogP) is 3.36. The number of nitrogens with one attached hydrogen (secondary N) is 1. The minimum atomic E-state index is -0.261. The normalized spacial score (nSPS) is 18.0. The molecule has 0 aliphatic carbocycles. The van der Waals surface area contributed by atoms with Crippen molar-refractivity contribution < 1.29 is 19.1 Å². The summed E-state index contributed by atoms with van der Waals surface area (Å²) in [6.45, 7) is 0.785. The lowest BCUT2D eigenvalue weighted by Crippen LogP contribution is -2.55. The van der Waals surface area contributed by atoms with E-state index >= 15 is 0 Å². The topological polar surface area (TPSA) is 71.1 Å². The van der Waals surface area contributed by atoms with Crippen molar-refractivity contribution in [2.75, 3.05) is 38.0 Å². The Kier molecular flexibility index (Phi) is 5.05. The van der Waals surface area contributed by atoms with Crippen LogP contribution in [-0.4, -0.2) is 50.7 Å². The van der Waals surface area contributed by atoms with Crippen molar-refractivity contribution in [2.45, 2.75) is 25.4 Å². The molecule has 0 unspecified atom stereocenters. The summed E-state index contributed by atoms with van der Waals surface area (Å²) in [6, 6.07) is 10.5. The van der Waals surface area contributed by atoms with Gasteiger partial charge in [-0.3, -0.25) is 9.59 Å². The Hall–Kier alpha value is -3.22. The molecule has 1 saturated heterocycles. The Morgan fingerprint density at radius 3 is 2.69 bits per heavy atom.